The standard InChI is InChI=1S/C18H15BrO2S/c19-18(13-22(20,21)15-9-2-1-3-10-15)17-12-6-8-14-7-4-5-11-16(14)17/h1-12,18H,13H2. The Bertz CT molecular complexity index is 884. The van der Waals surface area contributed by atoms with Gasteiger partial charge < -0.3 is 0 Å². The molecule has 0 fully saturated rings. The summed E-state index contributed by atoms with van der Waals surface area (Å²) in [6.45, 7) is 0. The Labute approximate surface area is 138 Å². The van der Waals surface area contributed by atoms with E-state index >= 15 is 0 Å². The molecule has 0 aliphatic carbocycles. The van der Waals surface area contributed by atoms with Gasteiger partial charge in [-0.2, -0.15) is 0 Å². The summed E-state index contributed by atoms with van der Waals surface area (Å²) < 4.78 is 25.0. The topological polar surface area (TPSA) is 34.1 Å². The molecule has 0 aromatic heterocycles. The molecule has 2 nitrogen and oxygen atoms in total. The average Bonchev–Trinajstić information content (AvgIpc) is 2.54. The third-order valence-electron chi connectivity index (χ3n) is 3.63. The van der Waals surface area contributed by atoms with Crippen LogP contribution in [0.3, 0.4) is 0 Å². The van der Waals surface area contributed by atoms with Crippen LogP contribution in [0.1, 0.15) is 10.4 Å². The summed E-state index contributed by atoms with van der Waals surface area (Å²) in [7, 11) is -3.32. The Morgan fingerprint density at radius 2 is 1.45 bits per heavy atom. The number of hydrogen-bond acceptors (Lipinski definition) is 2. The van der Waals surface area contributed by atoms with Crippen molar-refractivity contribution in [3.05, 3.63) is 78.4 Å². The molecule has 0 saturated heterocycles. The van der Waals surface area contributed by atoms with Crippen molar-refractivity contribution in [1.82, 2.24) is 0 Å². The van der Waals surface area contributed by atoms with E-state index in [2.05, 4.69) is 15.9 Å². The monoisotopic (exact) mass is 374 g/mol. The van der Waals surface area contributed by atoms with Gasteiger partial charge >= 0.3 is 0 Å². The minimum atomic E-state index is -3.32. The summed E-state index contributed by atoms with van der Waals surface area (Å²) in [6, 6.07) is 22.5. The molecule has 0 N–H and O–H groups in total. The second-order valence-corrected chi connectivity index (χ2v) is 8.27. The van der Waals surface area contributed by atoms with E-state index in [1.54, 1.807) is 24.3 Å². The predicted molar refractivity (Wildman–Crippen MR) is 94.1 cm³/mol. The molecule has 0 aliphatic heterocycles. The quantitative estimate of drug-likeness (QED) is 0.617. The van der Waals surface area contributed by atoms with E-state index in [9.17, 15) is 8.42 Å². The molecule has 3 rings (SSSR count). The molecule has 4 heteroatoms. The van der Waals surface area contributed by atoms with Gasteiger partial charge in [0.15, 0.2) is 9.84 Å². The third-order valence-corrected chi connectivity index (χ3v) is 6.64. The van der Waals surface area contributed by atoms with Crippen molar-refractivity contribution in [2.45, 2.75) is 9.72 Å². The van der Waals surface area contributed by atoms with Crippen LogP contribution in [0.5, 0.6) is 0 Å². The van der Waals surface area contributed by atoms with Crippen molar-refractivity contribution < 1.29 is 8.42 Å². The van der Waals surface area contributed by atoms with Gasteiger partial charge in [-0.05, 0) is 28.5 Å². The van der Waals surface area contributed by atoms with Gasteiger partial charge in [-0.15, -0.1) is 0 Å². The summed E-state index contributed by atoms with van der Waals surface area (Å²) in [4.78, 5) is 0.114. The van der Waals surface area contributed by atoms with Gasteiger partial charge in [0.25, 0.3) is 0 Å². The third kappa shape index (κ3) is 3.08. The summed E-state index contributed by atoms with van der Waals surface area (Å²) in [5, 5.41) is 2.19. The van der Waals surface area contributed by atoms with E-state index in [1.165, 1.54) is 0 Å². The van der Waals surface area contributed by atoms with Crippen molar-refractivity contribution in [2.75, 3.05) is 5.75 Å². The lowest BCUT2D eigenvalue weighted by Gasteiger charge is -2.14. The highest BCUT2D eigenvalue weighted by Gasteiger charge is 2.21. The van der Waals surface area contributed by atoms with Crippen LogP contribution in [0.2, 0.25) is 0 Å². The molecule has 3 aromatic rings. The summed E-state index contributed by atoms with van der Waals surface area (Å²) in [5.41, 5.74) is 0.998. The number of rotatable bonds is 4. The summed E-state index contributed by atoms with van der Waals surface area (Å²) in [5.74, 6) is 0.0328. The number of fused-ring (bicyclic) bond motifs is 1. The van der Waals surface area contributed by atoms with E-state index in [4.69, 9.17) is 0 Å². The molecule has 22 heavy (non-hydrogen) atoms. The number of sulfone groups is 1. The largest absolute Gasteiger partial charge is 0.224 e. The molecule has 0 amide bonds. The maximum absolute atomic E-state index is 12.5. The van der Waals surface area contributed by atoms with Crippen LogP contribution < -0.4 is 0 Å². The van der Waals surface area contributed by atoms with Gasteiger partial charge in [0.05, 0.1) is 15.5 Å². The van der Waals surface area contributed by atoms with Gasteiger partial charge in [0, 0.05) is 0 Å². The zero-order chi connectivity index (χ0) is 15.6. The fourth-order valence-electron chi connectivity index (χ4n) is 2.53. The Balaban J connectivity index is 1.96. The van der Waals surface area contributed by atoms with E-state index in [0.717, 1.165) is 16.3 Å². The number of alkyl halides is 1. The first kappa shape index (κ1) is 15.3. The minimum absolute atomic E-state index is 0.0328. The molecule has 112 valence electrons. The first-order valence-corrected chi connectivity index (χ1v) is 9.54. The highest BCUT2D eigenvalue weighted by molar-refractivity contribution is 9.09. The van der Waals surface area contributed by atoms with Crippen LogP contribution in [0.4, 0.5) is 0 Å². The second kappa shape index (κ2) is 6.23. The van der Waals surface area contributed by atoms with Crippen molar-refractivity contribution in [2.24, 2.45) is 0 Å². The van der Waals surface area contributed by atoms with Gasteiger partial charge in [-0.1, -0.05) is 76.6 Å². The van der Waals surface area contributed by atoms with E-state index in [0.29, 0.717) is 4.90 Å². The summed E-state index contributed by atoms with van der Waals surface area (Å²) >= 11 is 3.56. The van der Waals surface area contributed by atoms with Crippen LogP contribution >= 0.6 is 15.9 Å². The number of halogens is 1. The highest BCUT2D eigenvalue weighted by Crippen LogP contribution is 2.32. The van der Waals surface area contributed by atoms with Gasteiger partial charge in [-0.25, -0.2) is 8.42 Å². The zero-order valence-electron chi connectivity index (χ0n) is 11.8. The lowest BCUT2D eigenvalue weighted by molar-refractivity contribution is 0.595. The Morgan fingerprint density at radius 3 is 2.23 bits per heavy atom. The van der Waals surface area contributed by atoms with E-state index in [1.807, 2.05) is 48.5 Å². The number of hydrogen-bond donors (Lipinski definition) is 0. The predicted octanol–water partition coefficient (Wildman–Crippen LogP) is 4.75. The first-order chi connectivity index (χ1) is 10.6. The second-order valence-electron chi connectivity index (χ2n) is 5.13. The SMILES string of the molecule is O=S(=O)(CC(Br)c1cccc2ccccc12)c1ccccc1. The van der Waals surface area contributed by atoms with Crippen molar-refractivity contribution >= 4 is 36.5 Å². The fourth-order valence-corrected chi connectivity index (χ4v) is 5.30. The van der Waals surface area contributed by atoms with E-state index < -0.39 is 9.84 Å². The minimum Gasteiger partial charge on any atom is -0.224 e. The smallest absolute Gasteiger partial charge is 0.179 e. The number of benzene rings is 3. The Kier molecular flexibility index (Phi) is 4.32. The normalized spacial score (nSPS) is 13.1. The van der Waals surface area contributed by atoms with E-state index in [-0.39, 0.29) is 10.6 Å². The van der Waals surface area contributed by atoms with Gasteiger partial charge in [-0.3, -0.25) is 0 Å². The molecule has 0 spiro atoms. The van der Waals surface area contributed by atoms with Crippen LogP contribution in [-0.4, -0.2) is 14.2 Å². The maximum Gasteiger partial charge on any atom is 0.179 e. The van der Waals surface area contributed by atoms with Crippen LogP contribution in [0.15, 0.2) is 77.7 Å². The average molecular weight is 375 g/mol. The maximum atomic E-state index is 12.5. The lowest BCUT2D eigenvalue weighted by Crippen LogP contribution is -2.11. The molecule has 0 heterocycles. The molecule has 0 saturated carbocycles. The molecular formula is C18H15BrO2S. The molecule has 0 bridgehead atoms. The summed E-state index contributed by atoms with van der Waals surface area (Å²) in [6.07, 6.45) is 0. The molecule has 0 radical (unpaired) electrons. The van der Waals surface area contributed by atoms with Crippen LogP contribution in [0, 0.1) is 0 Å². The van der Waals surface area contributed by atoms with Crippen molar-refractivity contribution in [3.63, 3.8) is 0 Å². The van der Waals surface area contributed by atoms with Crippen LogP contribution in [-0.2, 0) is 9.84 Å². The fraction of sp³-hybridized carbons (Fsp3) is 0.111. The Morgan fingerprint density at radius 1 is 0.818 bits per heavy atom. The highest BCUT2D eigenvalue weighted by atomic mass is 79.9. The molecule has 3 aromatic carbocycles. The Hall–Kier alpha value is -1.65. The van der Waals surface area contributed by atoms with Gasteiger partial charge in [0.1, 0.15) is 0 Å². The molecular weight excluding hydrogens is 360 g/mol. The zero-order valence-corrected chi connectivity index (χ0v) is 14.2. The van der Waals surface area contributed by atoms with Crippen molar-refractivity contribution in [3.8, 4) is 0 Å². The van der Waals surface area contributed by atoms with Crippen molar-refractivity contribution in [1.29, 1.82) is 0 Å². The molecule has 0 aliphatic rings. The van der Waals surface area contributed by atoms with Crippen LogP contribution in [0.25, 0.3) is 10.8 Å². The molecule has 1 atom stereocenters. The molecule has 1 unspecified atom stereocenters. The van der Waals surface area contributed by atoms with Gasteiger partial charge in [0.2, 0.25) is 0 Å². The first-order valence-electron chi connectivity index (χ1n) is 6.97. The lowest BCUT2D eigenvalue weighted by atomic mass is 10.0.